The van der Waals surface area contributed by atoms with Gasteiger partial charge in [0.25, 0.3) is 0 Å². The highest BCUT2D eigenvalue weighted by Gasteiger charge is 2.54. The largest absolute Gasteiger partial charge is 0.462 e. The van der Waals surface area contributed by atoms with Gasteiger partial charge in [-0.3, -0.25) is 9.78 Å². The monoisotopic (exact) mass is 556 g/mol. The van der Waals surface area contributed by atoms with Crippen LogP contribution in [0.5, 0.6) is 0 Å². The van der Waals surface area contributed by atoms with E-state index < -0.39 is 11.7 Å². The highest BCUT2D eigenvalue weighted by Crippen LogP contribution is 2.54. The lowest BCUT2D eigenvalue weighted by molar-refractivity contribution is -0.144. The van der Waals surface area contributed by atoms with E-state index in [0.29, 0.717) is 29.3 Å². The number of hydrogen-bond acceptors (Lipinski definition) is 5. The highest BCUT2D eigenvalue weighted by molar-refractivity contribution is 5.76. The van der Waals surface area contributed by atoms with Crippen molar-refractivity contribution >= 4 is 18.1 Å². The van der Waals surface area contributed by atoms with Crippen LogP contribution < -0.4 is 0 Å². The number of amides is 1. The number of hydrogen-bond donors (Lipinski definition) is 0. The quantitative estimate of drug-likeness (QED) is 0.377. The third-order valence-electron chi connectivity index (χ3n) is 9.02. The summed E-state index contributed by atoms with van der Waals surface area (Å²) in [5.74, 6) is 0.511. The average molecular weight is 557 g/mol. The van der Waals surface area contributed by atoms with E-state index in [0.717, 1.165) is 37.8 Å². The zero-order valence-electron chi connectivity index (χ0n) is 22.9. The van der Waals surface area contributed by atoms with Crippen LogP contribution in [0.1, 0.15) is 50.8 Å². The minimum Gasteiger partial charge on any atom is -0.462 e. The number of fused-ring (bicyclic) bond motifs is 2. The van der Waals surface area contributed by atoms with E-state index in [1.807, 2.05) is 13.0 Å². The Labute approximate surface area is 232 Å². The number of ether oxygens (including phenoxy) is 2. The lowest BCUT2D eigenvalue weighted by atomic mass is 9.56. The zero-order chi connectivity index (χ0) is 28.6. The number of carbonyl (C=O) groups is 2. The minimum atomic E-state index is -4.41. The number of halogens is 3. The van der Waals surface area contributed by atoms with Gasteiger partial charge in [0, 0.05) is 30.8 Å². The summed E-state index contributed by atoms with van der Waals surface area (Å²) in [7, 11) is 1.78. The van der Waals surface area contributed by atoms with Gasteiger partial charge in [-0.15, -0.1) is 0 Å². The van der Waals surface area contributed by atoms with Crippen molar-refractivity contribution in [2.24, 2.45) is 29.6 Å². The molecule has 0 radical (unpaired) electrons. The number of rotatable bonds is 5. The molecule has 2 saturated carbocycles. The summed E-state index contributed by atoms with van der Waals surface area (Å²) >= 11 is 0. The van der Waals surface area contributed by atoms with Crippen LogP contribution >= 0.6 is 0 Å². The molecule has 1 aromatic carbocycles. The Bertz CT molecular complexity index is 1260. The molecule has 6 nitrogen and oxygen atoms in total. The number of benzene rings is 1. The number of carbonyl (C=O) groups excluding carboxylic acids is 2. The van der Waals surface area contributed by atoms with Crippen molar-refractivity contribution < 1.29 is 32.2 Å². The second-order valence-corrected chi connectivity index (χ2v) is 11.2. The molecule has 40 heavy (non-hydrogen) atoms. The van der Waals surface area contributed by atoms with Crippen LogP contribution in [-0.2, 0) is 20.4 Å². The number of allylic oxidation sites excluding steroid dienone is 1. The topological polar surface area (TPSA) is 68.7 Å². The maximum atomic E-state index is 13.1. The number of esters is 1. The Morgan fingerprint density at radius 1 is 1.18 bits per heavy atom. The van der Waals surface area contributed by atoms with E-state index in [-0.39, 0.29) is 47.9 Å². The number of alkyl halides is 3. The molecule has 0 unspecified atom stereocenters. The predicted molar refractivity (Wildman–Crippen MR) is 144 cm³/mol. The van der Waals surface area contributed by atoms with Crippen LogP contribution in [0.15, 0.2) is 48.7 Å². The maximum Gasteiger partial charge on any atom is 0.416 e. The molecule has 1 aromatic heterocycles. The smallest absolute Gasteiger partial charge is 0.416 e. The second-order valence-electron chi connectivity index (χ2n) is 11.2. The summed E-state index contributed by atoms with van der Waals surface area (Å²) in [5.41, 5.74) is 1.06. The first kappa shape index (κ1) is 28.2. The lowest BCUT2D eigenvalue weighted by Crippen LogP contribution is -2.48. The fourth-order valence-electron chi connectivity index (χ4n) is 7.08. The van der Waals surface area contributed by atoms with E-state index in [2.05, 4.69) is 11.1 Å². The molecule has 1 saturated heterocycles. The fraction of sp³-hybridized carbons (Fsp3) is 0.516. The summed E-state index contributed by atoms with van der Waals surface area (Å²) in [5, 5.41) is 0. The molecule has 3 fully saturated rings. The molecule has 1 amide bonds. The molecular formula is C31H35F3N2O4. The Morgan fingerprint density at radius 2 is 1.98 bits per heavy atom. The van der Waals surface area contributed by atoms with Crippen molar-refractivity contribution in [1.29, 1.82) is 0 Å². The molecule has 214 valence electrons. The first-order valence-electron chi connectivity index (χ1n) is 14.0. The predicted octanol–water partition coefficient (Wildman–Crippen LogP) is 6.85. The SMILES string of the molecule is CCOC(=O)N(C)[C@@H]1CC[C@@H]2[C@@H](C1)C[C@H]1C(=O)O[C@H](C)[C@H]1[C@H]2C=Cc1ccc(-c2cccc(C(F)(F)F)c2)cn1. The number of nitrogens with zero attached hydrogens (tertiary/aromatic N) is 2. The summed E-state index contributed by atoms with van der Waals surface area (Å²) in [4.78, 5) is 31.3. The number of aromatic nitrogens is 1. The molecule has 3 aliphatic rings. The van der Waals surface area contributed by atoms with E-state index in [1.165, 1.54) is 6.07 Å². The standard InChI is InChI=1S/C31H35F3N2O4/c1-4-39-30(38)36(3)24-11-13-25-21(15-24)16-27-28(18(2)40-29(27)37)26(25)12-10-23-9-8-20(17-35-23)19-6-5-7-22(14-19)31(32,33)34/h5-10,12,14,17-18,21,24-28H,4,11,13,15-16H2,1-3H3/t18-,21+,24-,25-,26+,27-,28+/m1/s1. The third-order valence-corrected chi connectivity index (χ3v) is 9.02. The van der Waals surface area contributed by atoms with Crippen molar-refractivity contribution in [3.8, 4) is 11.1 Å². The highest BCUT2D eigenvalue weighted by atomic mass is 19.4. The molecule has 5 rings (SSSR count). The molecule has 2 aliphatic carbocycles. The van der Waals surface area contributed by atoms with Gasteiger partial charge in [0.05, 0.1) is 23.8 Å². The maximum absolute atomic E-state index is 13.1. The third kappa shape index (κ3) is 5.60. The van der Waals surface area contributed by atoms with Crippen molar-refractivity contribution in [2.75, 3.05) is 13.7 Å². The van der Waals surface area contributed by atoms with Crippen LogP contribution in [0.25, 0.3) is 17.2 Å². The van der Waals surface area contributed by atoms with Crippen molar-refractivity contribution in [3.05, 3.63) is 59.9 Å². The van der Waals surface area contributed by atoms with E-state index in [1.54, 1.807) is 43.3 Å². The van der Waals surface area contributed by atoms with Gasteiger partial charge in [-0.05, 0) is 87.1 Å². The second kappa shape index (κ2) is 11.3. The minimum absolute atomic E-state index is 0.0707. The van der Waals surface area contributed by atoms with Gasteiger partial charge in [0.15, 0.2) is 0 Å². The van der Waals surface area contributed by atoms with Crippen LogP contribution in [-0.4, -0.2) is 47.7 Å². The zero-order valence-corrected chi connectivity index (χ0v) is 22.9. The Hall–Kier alpha value is -3.36. The molecule has 0 spiro atoms. The van der Waals surface area contributed by atoms with Gasteiger partial charge in [-0.2, -0.15) is 13.2 Å². The van der Waals surface area contributed by atoms with Crippen LogP contribution in [0, 0.1) is 29.6 Å². The van der Waals surface area contributed by atoms with Gasteiger partial charge < -0.3 is 14.4 Å². The Kier molecular flexibility index (Phi) is 7.93. The molecule has 7 atom stereocenters. The average Bonchev–Trinajstić information content (AvgIpc) is 3.22. The summed E-state index contributed by atoms with van der Waals surface area (Å²) in [6, 6.07) is 8.86. The number of cyclic esters (lactones) is 1. The fourth-order valence-corrected chi connectivity index (χ4v) is 7.08. The van der Waals surface area contributed by atoms with Gasteiger partial charge >= 0.3 is 18.2 Å². The van der Waals surface area contributed by atoms with Crippen LogP contribution in [0.3, 0.4) is 0 Å². The lowest BCUT2D eigenvalue weighted by Gasteiger charge is -2.48. The summed E-state index contributed by atoms with van der Waals surface area (Å²) < 4.78 is 50.3. The van der Waals surface area contributed by atoms with Crippen molar-refractivity contribution in [1.82, 2.24) is 9.88 Å². The van der Waals surface area contributed by atoms with E-state index >= 15 is 0 Å². The van der Waals surface area contributed by atoms with Gasteiger partial charge in [-0.1, -0.05) is 24.3 Å². The summed E-state index contributed by atoms with van der Waals surface area (Å²) in [6.45, 7) is 4.09. The summed E-state index contributed by atoms with van der Waals surface area (Å²) in [6.07, 6.45) is 4.17. The molecular weight excluding hydrogens is 521 g/mol. The molecule has 2 aromatic rings. The van der Waals surface area contributed by atoms with Crippen molar-refractivity contribution in [2.45, 2.75) is 57.9 Å². The molecule has 2 heterocycles. The molecule has 0 N–H and O–H groups in total. The van der Waals surface area contributed by atoms with Crippen LogP contribution in [0.2, 0.25) is 0 Å². The Balaban J connectivity index is 1.35. The normalized spacial score (nSPS) is 29.9. The first-order valence-corrected chi connectivity index (χ1v) is 14.0. The van der Waals surface area contributed by atoms with Crippen molar-refractivity contribution in [3.63, 3.8) is 0 Å². The van der Waals surface area contributed by atoms with Gasteiger partial charge in [0.2, 0.25) is 0 Å². The molecule has 1 aliphatic heterocycles. The first-order chi connectivity index (χ1) is 19.1. The van der Waals surface area contributed by atoms with Crippen LogP contribution in [0.4, 0.5) is 18.0 Å². The van der Waals surface area contributed by atoms with Gasteiger partial charge in [0.1, 0.15) is 6.10 Å². The Morgan fingerprint density at radius 3 is 2.67 bits per heavy atom. The van der Waals surface area contributed by atoms with Gasteiger partial charge in [-0.25, -0.2) is 4.79 Å². The number of pyridine rings is 1. The van der Waals surface area contributed by atoms with E-state index in [9.17, 15) is 22.8 Å². The molecule has 0 bridgehead atoms. The molecule has 9 heteroatoms. The van der Waals surface area contributed by atoms with E-state index in [4.69, 9.17) is 9.47 Å².